The summed E-state index contributed by atoms with van der Waals surface area (Å²) in [5.74, 6) is 1.74. The summed E-state index contributed by atoms with van der Waals surface area (Å²) in [5, 5.41) is 2.92. The predicted molar refractivity (Wildman–Crippen MR) is 108 cm³/mol. The Labute approximate surface area is 170 Å². The average Bonchev–Trinajstić information content (AvgIpc) is 3.45. The smallest absolute Gasteiger partial charge is 0.237 e. The molecule has 0 spiro atoms. The molecule has 2 aliphatic heterocycles. The van der Waals surface area contributed by atoms with Gasteiger partial charge in [-0.2, -0.15) is 0 Å². The van der Waals surface area contributed by atoms with Gasteiger partial charge in [0.05, 0.1) is 25.4 Å². The second-order valence-electron chi connectivity index (χ2n) is 7.48. The number of nitrogens with zero attached hydrogens (tertiary/aromatic N) is 4. The van der Waals surface area contributed by atoms with E-state index in [4.69, 9.17) is 4.42 Å². The van der Waals surface area contributed by atoms with Crippen LogP contribution in [-0.4, -0.2) is 71.9 Å². The molecule has 1 unspecified atom stereocenters. The van der Waals surface area contributed by atoms with E-state index in [2.05, 4.69) is 15.2 Å². The van der Waals surface area contributed by atoms with Crippen molar-refractivity contribution in [1.82, 2.24) is 20.1 Å². The maximum absolute atomic E-state index is 12.8. The van der Waals surface area contributed by atoms with Gasteiger partial charge >= 0.3 is 0 Å². The first-order chi connectivity index (χ1) is 14.2. The molecular weight excluding hydrogens is 370 g/mol. The first-order valence-electron chi connectivity index (χ1n) is 10.2. The van der Waals surface area contributed by atoms with E-state index in [1.807, 2.05) is 34.1 Å². The minimum atomic E-state index is -0.247. The Kier molecular flexibility index (Phi) is 6.09. The van der Waals surface area contributed by atoms with Crippen molar-refractivity contribution in [2.45, 2.75) is 25.4 Å². The number of carbonyl (C=O) groups is 2. The first kappa shape index (κ1) is 19.4. The Hall–Kier alpha value is -2.87. The van der Waals surface area contributed by atoms with E-state index in [-0.39, 0.29) is 17.9 Å². The van der Waals surface area contributed by atoms with Crippen molar-refractivity contribution in [2.24, 2.45) is 0 Å². The Morgan fingerprint density at radius 2 is 1.97 bits per heavy atom. The van der Waals surface area contributed by atoms with Crippen molar-refractivity contribution in [1.29, 1.82) is 0 Å². The molecule has 0 saturated carbocycles. The third kappa shape index (κ3) is 4.76. The summed E-state index contributed by atoms with van der Waals surface area (Å²) in [6.45, 7) is 4.35. The number of anilines is 1. The number of furan rings is 1. The van der Waals surface area contributed by atoms with Gasteiger partial charge < -0.3 is 19.5 Å². The number of piperazine rings is 1. The van der Waals surface area contributed by atoms with Gasteiger partial charge in [0.1, 0.15) is 11.6 Å². The number of hydrogen-bond donors (Lipinski definition) is 1. The molecule has 0 aromatic carbocycles. The molecule has 8 heteroatoms. The zero-order valence-corrected chi connectivity index (χ0v) is 16.5. The molecular formula is C21H27N5O3. The zero-order chi connectivity index (χ0) is 20.1. The number of pyridine rings is 1. The number of hydrogen-bond acceptors (Lipinski definition) is 6. The Morgan fingerprint density at radius 3 is 2.69 bits per heavy atom. The Bertz CT molecular complexity index is 803. The standard InChI is InChI=1S/C21H27N5O3/c27-20(25-12-10-24(11-13-25)19-7-1-2-8-22-19)16-26-9-3-6-18(26)21(28)23-15-17-5-4-14-29-17/h1-2,4-5,7-8,14,18H,3,6,9-13,15-16H2,(H,23,28). The largest absolute Gasteiger partial charge is 0.467 e. The van der Waals surface area contributed by atoms with E-state index in [9.17, 15) is 9.59 Å². The van der Waals surface area contributed by atoms with Crippen LogP contribution in [0.5, 0.6) is 0 Å². The van der Waals surface area contributed by atoms with Crippen LogP contribution in [0.15, 0.2) is 47.2 Å². The fraction of sp³-hybridized carbons (Fsp3) is 0.476. The Balaban J connectivity index is 1.26. The van der Waals surface area contributed by atoms with Gasteiger partial charge in [-0.1, -0.05) is 6.07 Å². The number of nitrogens with one attached hydrogen (secondary N) is 1. The number of likely N-dealkylation sites (tertiary alicyclic amines) is 1. The van der Waals surface area contributed by atoms with Crippen LogP contribution < -0.4 is 10.2 Å². The van der Waals surface area contributed by atoms with Gasteiger partial charge in [0, 0.05) is 32.4 Å². The summed E-state index contributed by atoms with van der Waals surface area (Å²) in [7, 11) is 0. The monoisotopic (exact) mass is 397 g/mol. The van der Waals surface area contributed by atoms with Gasteiger partial charge in [-0.05, 0) is 43.7 Å². The van der Waals surface area contributed by atoms with Gasteiger partial charge in [-0.25, -0.2) is 4.98 Å². The first-order valence-corrected chi connectivity index (χ1v) is 10.2. The molecule has 2 fully saturated rings. The lowest BCUT2D eigenvalue weighted by Crippen LogP contribution is -2.53. The SMILES string of the molecule is O=C(NCc1ccco1)C1CCCN1CC(=O)N1CCN(c2ccccn2)CC1. The highest BCUT2D eigenvalue weighted by atomic mass is 16.3. The van der Waals surface area contributed by atoms with Gasteiger partial charge in [0.15, 0.2) is 0 Å². The lowest BCUT2D eigenvalue weighted by Gasteiger charge is -2.36. The average molecular weight is 397 g/mol. The van der Waals surface area contributed by atoms with Crippen molar-refractivity contribution in [3.05, 3.63) is 48.6 Å². The third-order valence-corrected chi connectivity index (χ3v) is 5.63. The molecule has 2 aromatic rings. The molecule has 4 heterocycles. The molecule has 2 aromatic heterocycles. The zero-order valence-electron chi connectivity index (χ0n) is 16.5. The minimum Gasteiger partial charge on any atom is -0.467 e. The summed E-state index contributed by atoms with van der Waals surface area (Å²) < 4.78 is 5.26. The molecule has 0 bridgehead atoms. The fourth-order valence-corrected chi connectivity index (χ4v) is 4.02. The summed E-state index contributed by atoms with van der Waals surface area (Å²) >= 11 is 0. The topological polar surface area (TPSA) is 81.9 Å². The summed E-state index contributed by atoms with van der Waals surface area (Å²) in [6.07, 6.45) is 5.09. The number of carbonyl (C=O) groups excluding carboxylic acids is 2. The van der Waals surface area contributed by atoms with E-state index >= 15 is 0 Å². The molecule has 0 aliphatic carbocycles. The van der Waals surface area contributed by atoms with E-state index < -0.39 is 0 Å². The molecule has 0 radical (unpaired) electrons. The molecule has 1 atom stereocenters. The maximum atomic E-state index is 12.8. The second kappa shape index (κ2) is 9.09. The normalized spacial score (nSPS) is 20.1. The lowest BCUT2D eigenvalue weighted by molar-refractivity contribution is -0.134. The van der Waals surface area contributed by atoms with Crippen LogP contribution in [0.2, 0.25) is 0 Å². The molecule has 1 N–H and O–H groups in total. The number of aromatic nitrogens is 1. The van der Waals surface area contributed by atoms with Gasteiger partial charge in [0.2, 0.25) is 11.8 Å². The predicted octanol–water partition coefficient (Wildman–Crippen LogP) is 1.10. The van der Waals surface area contributed by atoms with Crippen LogP contribution in [0.4, 0.5) is 5.82 Å². The number of amides is 2. The van der Waals surface area contributed by atoms with E-state index in [1.165, 1.54) is 0 Å². The highest BCUT2D eigenvalue weighted by Gasteiger charge is 2.33. The van der Waals surface area contributed by atoms with Crippen molar-refractivity contribution >= 4 is 17.6 Å². The molecule has 29 heavy (non-hydrogen) atoms. The fourth-order valence-electron chi connectivity index (χ4n) is 4.02. The van der Waals surface area contributed by atoms with Crippen molar-refractivity contribution in [2.75, 3.05) is 44.2 Å². The van der Waals surface area contributed by atoms with Crippen molar-refractivity contribution < 1.29 is 14.0 Å². The van der Waals surface area contributed by atoms with Crippen LogP contribution in [0.3, 0.4) is 0 Å². The van der Waals surface area contributed by atoms with Crippen LogP contribution >= 0.6 is 0 Å². The van der Waals surface area contributed by atoms with E-state index in [0.717, 1.165) is 44.1 Å². The summed E-state index contributed by atoms with van der Waals surface area (Å²) in [6, 6.07) is 9.26. The van der Waals surface area contributed by atoms with E-state index in [1.54, 1.807) is 18.5 Å². The van der Waals surface area contributed by atoms with Crippen LogP contribution in [-0.2, 0) is 16.1 Å². The third-order valence-electron chi connectivity index (χ3n) is 5.63. The highest BCUT2D eigenvalue weighted by Crippen LogP contribution is 2.18. The highest BCUT2D eigenvalue weighted by molar-refractivity contribution is 5.84. The number of rotatable bonds is 6. The summed E-state index contributed by atoms with van der Waals surface area (Å²) in [4.78, 5) is 35.9. The van der Waals surface area contributed by atoms with Crippen LogP contribution in [0, 0.1) is 0 Å². The quantitative estimate of drug-likeness (QED) is 0.786. The Morgan fingerprint density at radius 1 is 1.10 bits per heavy atom. The molecule has 2 aliphatic rings. The van der Waals surface area contributed by atoms with Crippen LogP contribution in [0.1, 0.15) is 18.6 Å². The molecule has 8 nitrogen and oxygen atoms in total. The van der Waals surface area contributed by atoms with Gasteiger partial charge in [-0.15, -0.1) is 0 Å². The minimum absolute atomic E-state index is 0.0355. The molecule has 154 valence electrons. The van der Waals surface area contributed by atoms with Crippen LogP contribution in [0.25, 0.3) is 0 Å². The lowest BCUT2D eigenvalue weighted by atomic mass is 10.2. The molecule has 4 rings (SSSR count). The summed E-state index contributed by atoms with van der Waals surface area (Å²) in [5.41, 5.74) is 0. The molecule has 2 amide bonds. The maximum Gasteiger partial charge on any atom is 0.237 e. The van der Waals surface area contributed by atoms with Crippen molar-refractivity contribution in [3.63, 3.8) is 0 Å². The van der Waals surface area contributed by atoms with Gasteiger partial charge in [-0.3, -0.25) is 14.5 Å². The van der Waals surface area contributed by atoms with Crippen molar-refractivity contribution in [3.8, 4) is 0 Å². The van der Waals surface area contributed by atoms with Gasteiger partial charge in [0.25, 0.3) is 0 Å². The second-order valence-corrected chi connectivity index (χ2v) is 7.48. The van der Waals surface area contributed by atoms with E-state index in [0.29, 0.717) is 26.2 Å². The molecule has 2 saturated heterocycles.